The number of nitriles is 1. The average molecular weight is 267 g/mol. The van der Waals surface area contributed by atoms with Gasteiger partial charge < -0.3 is 10.3 Å². The number of benzene rings is 1. The van der Waals surface area contributed by atoms with Gasteiger partial charge in [-0.15, -0.1) is 0 Å². The lowest BCUT2D eigenvalue weighted by Gasteiger charge is -2.16. The summed E-state index contributed by atoms with van der Waals surface area (Å²) < 4.78 is 2.07. The lowest BCUT2D eigenvalue weighted by atomic mass is 10.1. The number of carbonyl (C=O) groups excluding carboxylic acids is 1. The molecule has 1 aromatic carbocycles. The summed E-state index contributed by atoms with van der Waals surface area (Å²) in [6.45, 7) is 5.99. The van der Waals surface area contributed by atoms with Gasteiger partial charge in [-0.3, -0.25) is 4.79 Å². The Bertz CT molecular complexity index is 705. The highest BCUT2D eigenvalue weighted by atomic mass is 16.1. The number of nitrogens with two attached hydrogens (primary N) is 1. The quantitative estimate of drug-likeness (QED) is 0.928. The van der Waals surface area contributed by atoms with Crippen LogP contribution in [0.4, 0.5) is 0 Å². The molecule has 2 rings (SSSR count). The van der Waals surface area contributed by atoms with Crippen LogP contribution in [0.5, 0.6) is 0 Å². The Morgan fingerprint density at radius 3 is 2.60 bits per heavy atom. The average Bonchev–Trinajstić information content (AvgIpc) is 2.76. The van der Waals surface area contributed by atoms with Crippen molar-refractivity contribution in [3.63, 3.8) is 0 Å². The highest BCUT2D eigenvalue weighted by Crippen LogP contribution is 2.29. The van der Waals surface area contributed by atoms with Gasteiger partial charge in [0.1, 0.15) is 0 Å². The SMILES string of the molecule is Cc1c(C(N)=O)cc(-c2cccc(C#N)c2)n1C(C)C. The number of hydrogen-bond acceptors (Lipinski definition) is 2. The Hall–Kier alpha value is -2.54. The number of aromatic nitrogens is 1. The predicted molar refractivity (Wildman–Crippen MR) is 78.2 cm³/mol. The summed E-state index contributed by atoms with van der Waals surface area (Å²) in [4.78, 5) is 11.5. The third-order valence-electron chi connectivity index (χ3n) is 3.36. The maximum atomic E-state index is 11.5. The summed E-state index contributed by atoms with van der Waals surface area (Å²) >= 11 is 0. The van der Waals surface area contributed by atoms with E-state index in [1.165, 1.54) is 0 Å². The zero-order chi connectivity index (χ0) is 14.9. The monoisotopic (exact) mass is 267 g/mol. The van der Waals surface area contributed by atoms with Gasteiger partial charge in [0.05, 0.1) is 17.2 Å². The van der Waals surface area contributed by atoms with E-state index in [9.17, 15) is 4.79 Å². The van der Waals surface area contributed by atoms with Crippen molar-refractivity contribution in [2.24, 2.45) is 5.73 Å². The molecule has 0 bridgehead atoms. The molecule has 1 amide bonds. The van der Waals surface area contributed by atoms with Crippen molar-refractivity contribution < 1.29 is 4.79 Å². The fourth-order valence-corrected chi connectivity index (χ4v) is 2.51. The molecule has 0 aliphatic heterocycles. The molecule has 2 aromatic rings. The lowest BCUT2D eigenvalue weighted by Crippen LogP contribution is -2.13. The molecule has 2 N–H and O–H groups in total. The van der Waals surface area contributed by atoms with Crippen LogP contribution >= 0.6 is 0 Å². The molecule has 0 radical (unpaired) electrons. The van der Waals surface area contributed by atoms with Gasteiger partial charge in [0, 0.05) is 17.4 Å². The van der Waals surface area contributed by atoms with Crippen molar-refractivity contribution in [3.05, 3.63) is 47.2 Å². The van der Waals surface area contributed by atoms with Crippen LogP contribution in [0.15, 0.2) is 30.3 Å². The van der Waals surface area contributed by atoms with Crippen LogP contribution in [0.3, 0.4) is 0 Å². The van der Waals surface area contributed by atoms with Crippen LogP contribution < -0.4 is 5.73 Å². The van der Waals surface area contributed by atoms with Gasteiger partial charge in [-0.05, 0) is 44.5 Å². The Morgan fingerprint density at radius 1 is 1.35 bits per heavy atom. The largest absolute Gasteiger partial charge is 0.366 e. The first kappa shape index (κ1) is 13.9. The molecular weight excluding hydrogens is 250 g/mol. The van der Waals surface area contributed by atoms with E-state index in [4.69, 9.17) is 11.0 Å². The van der Waals surface area contributed by atoms with E-state index in [1.807, 2.05) is 25.1 Å². The van der Waals surface area contributed by atoms with Gasteiger partial charge >= 0.3 is 0 Å². The van der Waals surface area contributed by atoms with Crippen molar-refractivity contribution in [3.8, 4) is 17.3 Å². The molecule has 0 aliphatic carbocycles. The predicted octanol–water partition coefficient (Wildman–Crippen LogP) is 3.02. The smallest absolute Gasteiger partial charge is 0.250 e. The number of amides is 1. The Labute approximate surface area is 118 Å². The number of primary amides is 1. The second kappa shape index (κ2) is 5.22. The van der Waals surface area contributed by atoms with E-state index in [-0.39, 0.29) is 6.04 Å². The zero-order valence-corrected chi connectivity index (χ0v) is 11.8. The highest BCUT2D eigenvalue weighted by molar-refractivity contribution is 5.95. The molecule has 0 spiro atoms. The summed E-state index contributed by atoms with van der Waals surface area (Å²) in [7, 11) is 0. The number of carbonyl (C=O) groups is 1. The second-order valence-corrected chi connectivity index (χ2v) is 5.05. The van der Waals surface area contributed by atoms with Gasteiger partial charge in [0.15, 0.2) is 0 Å². The van der Waals surface area contributed by atoms with Gasteiger partial charge in [-0.1, -0.05) is 12.1 Å². The zero-order valence-electron chi connectivity index (χ0n) is 11.8. The molecule has 1 heterocycles. The maximum Gasteiger partial charge on any atom is 0.250 e. The Morgan fingerprint density at radius 2 is 2.05 bits per heavy atom. The van der Waals surface area contributed by atoms with Crippen LogP contribution in [0.25, 0.3) is 11.3 Å². The normalized spacial score (nSPS) is 10.6. The third kappa shape index (κ3) is 2.30. The molecule has 0 atom stereocenters. The Kier molecular flexibility index (Phi) is 3.62. The summed E-state index contributed by atoms with van der Waals surface area (Å²) in [6.07, 6.45) is 0. The maximum absolute atomic E-state index is 11.5. The number of nitrogens with zero attached hydrogens (tertiary/aromatic N) is 2. The van der Waals surface area contributed by atoms with Crippen molar-refractivity contribution in [1.29, 1.82) is 5.26 Å². The van der Waals surface area contributed by atoms with Crippen molar-refractivity contribution in [1.82, 2.24) is 4.57 Å². The first-order valence-corrected chi connectivity index (χ1v) is 6.48. The molecule has 4 heteroatoms. The summed E-state index contributed by atoms with van der Waals surface area (Å²) in [5.41, 5.74) is 9.21. The molecule has 0 saturated carbocycles. The standard InChI is InChI=1S/C16H17N3O/c1-10(2)19-11(3)14(16(18)20)8-15(19)13-6-4-5-12(7-13)9-17/h4-8,10H,1-3H3,(H2,18,20). The summed E-state index contributed by atoms with van der Waals surface area (Å²) in [6, 6.07) is 11.5. The van der Waals surface area contributed by atoms with Gasteiger partial charge in [0.2, 0.25) is 0 Å². The molecular formula is C16H17N3O. The number of hydrogen-bond donors (Lipinski definition) is 1. The molecule has 1 aromatic heterocycles. The second-order valence-electron chi connectivity index (χ2n) is 5.05. The minimum absolute atomic E-state index is 0.198. The van der Waals surface area contributed by atoms with Crippen LogP contribution in [-0.2, 0) is 0 Å². The number of rotatable bonds is 3. The van der Waals surface area contributed by atoms with E-state index in [2.05, 4.69) is 24.5 Å². The summed E-state index contributed by atoms with van der Waals surface area (Å²) in [5, 5.41) is 9.00. The van der Waals surface area contributed by atoms with Crippen LogP contribution in [-0.4, -0.2) is 10.5 Å². The van der Waals surface area contributed by atoms with E-state index in [0.717, 1.165) is 17.0 Å². The lowest BCUT2D eigenvalue weighted by molar-refractivity contribution is 0.0999. The van der Waals surface area contributed by atoms with Crippen molar-refractivity contribution in [2.45, 2.75) is 26.8 Å². The van der Waals surface area contributed by atoms with E-state index in [1.54, 1.807) is 12.1 Å². The highest BCUT2D eigenvalue weighted by Gasteiger charge is 2.18. The van der Waals surface area contributed by atoms with Crippen molar-refractivity contribution in [2.75, 3.05) is 0 Å². The van der Waals surface area contributed by atoms with Crippen LogP contribution in [0.2, 0.25) is 0 Å². The van der Waals surface area contributed by atoms with Gasteiger partial charge in [-0.25, -0.2) is 0 Å². The molecule has 20 heavy (non-hydrogen) atoms. The van der Waals surface area contributed by atoms with E-state index >= 15 is 0 Å². The molecule has 102 valence electrons. The van der Waals surface area contributed by atoms with Crippen molar-refractivity contribution >= 4 is 5.91 Å². The molecule has 0 unspecified atom stereocenters. The van der Waals surface area contributed by atoms with Gasteiger partial charge in [0.25, 0.3) is 5.91 Å². The fourth-order valence-electron chi connectivity index (χ4n) is 2.51. The summed E-state index contributed by atoms with van der Waals surface area (Å²) in [5.74, 6) is -0.431. The topological polar surface area (TPSA) is 71.8 Å². The van der Waals surface area contributed by atoms with Crippen LogP contribution in [0, 0.1) is 18.3 Å². The fraction of sp³-hybridized carbons (Fsp3) is 0.250. The molecule has 0 saturated heterocycles. The van der Waals surface area contributed by atoms with Crippen LogP contribution in [0.1, 0.15) is 41.5 Å². The molecule has 0 aliphatic rings. The molecule has 0 fully saturated rings. The minimum atomic E-state index is -0.431. The van der Waals surface area contributed by atoms with E-state index < -0.39 is 5.91 Å². The van der Waals surface area contributed by atoms with Gasteiger partial charge in [-0.2, -0.15) is 5.26 Å². The first-order valence-electron chi connectivity index (χ1n) is 6.48. The van der Waals surface area contributed by atoms with E-state index in [0.29, 0.717) is 11.1 Å². The third-order valence-corrected chi connectivity index (χ3v) is 3.36. The Balaban J connectivity index is 2.70. The minimum Gasteiger partial charge on any atom is -0.366 e. The first-order chi connectivity index (χ1) is 9.45. The molecule has 4 nitrogen and oxygen atoms in total.